The van der Waals surface area contributed by atoms with Gasteiger partial charge in [0.25, 0.3) is 0 Å². The van der Waals surface area contributed by atoms with Gasteiger partial charge in [-0.3, -0.25) is 0 Å². The Morgan fingerprint density at radius 2 is 2.25 bits per heavy atom. The molecule has 2 N–H and O–H groups in total. The van der Waals surface area contributed by atoms with E-state index in [1.807, 2.05) is 31.0 Å². The van der Waals surface area contributed by atoms with Gasteiger partial charge < -0.3 is 15.4 Å². The van der Waals surface area contributed by atoms with Crippen molar-refractivity contribution in [2.75, 3.05) is 25.1 Å². The highest BCUT2D eigenvalue weighted by atomic mass is 19.1. The third-order valence-electron chi connectivity index (χ3n) is 3.73. The maximum Gasteiger partial charge on any atom is 0.146 e. The fraction of sp³-hybridized carbons (Fsp3) is 0.625. The second kappa shape index (κ2) is 7.04. The van der Waals surface area contributed by atoms with Crippen LogP contribution in [0.5, 0.6) is 0 Å². The van der Waals surface area contributed by atoms with Gasteiger partial charge in [-0.05, 0) is 50.3 Å². The molecule has 4 heteroatoms. The summed E-state index contributed by atoms with van der Waals surface area (Å²) in [5.41, 5.74) is 7.33. The third-order valence-corrected chi connectivity index (χ3v) is 3.73. The summed E-state index contributed by atoms with van der Waals surface area (Å²) in [6, 6.07) is 5.45. The SMILES string of the molecule is CC(N)Cc1ccc(N(C)CC2CCCCO2)c(F)c1. The summed E-state index contributed by atoms with van der Waals surface area (Å²) in [6.45, 7) is 3.50. The molecule has 2 atom stereocenters. The van der Waals surface area contributed by atoms with E-state index < -0.39 is 0 Å². The van der Waals surface area contributed by atoms with Crippen molar-refractivity contribution in [1.82, 2.24) is 0 Å². The van der Waals surface area contributed by atoms with Crippen molar-refractivity contribution < 1.29 is 9.13 Å². The summed E-state index contributed by atoms with van der Waals surface area (Å²) in [4.78, 5) is 1.95. The molecule has 112 valence electrons. The van der Waals surface area contributed by atoms with Crippen molar-refractivity contribution in [3.8, 4) is 0 Å². The van der Waals surface area contributed by atoms with Crippen molar-refractivity contribution in [3.05, 3.63) is 29.6 Å². The number of anilines is 1. The normalized spacial score (nSPS) is 20.7. The smallest absolute Gasteiger partial charge is 0.146 e. The first-order valence-corrected chi connectivity index (χ1v) is 7.43. The number of rotatable bonds is 5. The molecular formula is C16H25FN2O. The van der Waals surface area contributed by atoms with Crippen LogP contribution in [-0.2, 0) is 11.2 Å². The van der Waals surface area contributed by atoms with Crippen molar-refractivity contribution in [2.24, 2.45) is 5.73 Å². The molecule has 0 amide bonds. The van der Waals surface area contributed by atoms with Gasteiger partial charge in [-0.2, -0.15) is 0 Å². The molecular weight excluding hydrogens is 255 g/mol. The van der Waals surface area contributed by atoms with Gasteiger partial charge in [0.1, 0.15) is 5.82 Å². The Morgan fingerprint density at radius 3 is 2.85 bits per heavy atom. The van der Waals surface area contributed by atoms with E-state index in [9.17, 15) is 4.39 Å². The van der Waals surface area contributed by atoms with E-state index in [0.717, 1.165) is 31.6 Å². The highest BCUT2D eigenvalue weighted by Gasteiger charge is 2.18. The van der Waals surface area contributed by atoms with E-state index in [2.05, 4.69) is 0 Å². The molecule has 2 unspecified atom stereocenters. The Balaban J connectivity index is 2.00. The lowest BCUT2D eigenvalue weighted by atomic mass is 10.1. The summed E-state index contributed by atoms with van der Waals surface area (Å²) in [5, 5.41) is 0. The fourth-order valence-corrected chi connectivity index (χ4v) is 2.71. The highest BCUT2D eigenvalue weighted by Crippen LogP contribution is 2.22. The van der Waals surface area contributed by atoms with Crippen molar-refractivity contribution in [3.63, 3.8) is 0 Å². The average Bonchev–Trinajstić information content (AvgIpc) is 2.39. The molecule has 1 aliphatic rings. The number of nitrogens with zero attached hydrogens (tertiary/aromatic N) is 1. The zero-order valence-electron chi connectivity index (χ0n) is 12.4. The van der Waals surface area contributed by atoms with Crippen LogP contribution in [0.2, 0.25) is 0 Å². The number of benzene rings is 1. The Bertz CT molecular complexity index is 430. The first-order chi connectivity index (χ1) is 9.56. The number of halogens is 1. The molecule has 1 heterocycles. The van der Waals surface area contributed by atoms with E-state index in [4.69, 9.17) is 10.5 Å². The first kappa shape index (κ1) is 15.3. The van der Waals surface area contributed by atoms with Crippen molar-refractivity contribution in [1.29, 1.82) is 0 Å². The van der Waals surface area contributed by atoms with Gasteiger partial charge in [-0.1, -0.05) is 6.07 Å². The second-order valence-electron chi connectivity index (χ2n) is 5.84. The van der Waals surface area contributed by atoms with Crippen molar-refractivity contribution >= 4 is 5.69 Å². The van der Waals surface area contributed by atoms with Crippen LogP contribution < -0.4 is 10.6 Å². The minimum Gasteiger partial charge on any atom is -0.376 e. The largest absolute Gasteiger partial charge is 0.376 e. The Kier molecular flexibility index (Phi) is 5.38. The summed E-state index contributed by atoms with van der Waals surface area (Å²) in [5.74, 6) is -0.179. The number of hydrogen-bond acceptors (Lipinski definition) is 3. The number of likely N-dealkylation sites (N-methyl/N-ethyl adjacent to an activating group) is 1. The quantitative estimate of drug-likeness (QED) is 0.901. The van der Waals surface area contributed by atoms with E-state index in [0.29, 0.717) is 12.1 Å². The van der Waals surface area contributed by atoms with Gasteiger partial charge in [0.15, 0.2) is 0 Å². The van der Waals surface area contributed by atoms with Gasteiger partial charge in [-0.15, -0.1) is 0 Å². The summed E-state index contributed by atoms with van der Waals surface area (Å²) >= 11 is 0. The first-order valence-electron chi connectivity index (χ1n) is 7.43. The Morgan fingerprint density at radius 1 is 1.45 bits per heavy atom. The lowest BCUT2D eigenvalue weighted by Gasteiger charge is -2.29. The predicted molar refractivity (Wildman–Crippen MR) is 80.6 cm³/mol. The molecule has 20 heavy (non-hydrogen) atoms. The third kappa shape index (κ3) is 4.18. The molecule has 1 aromatic carbocycles. The van der Waals surface area contributed by atoms with Crippen molar-refractivity contribution in [2.45, 2.75) is 44.8 Å². The van der Waals surface area contributed by atoms with Crippen LogP contribution in [0.4, 0.5) is 10.1 Å². The minimum absolute atomic E-state index is 0.0496. The molecule has 1 aromatic rings. The molecule has 3 nitrogen and oxygen atoms in total. The van der Waals surface area contributed by atoms with E-state index in [1.165, 1.54) is 6.42 Å². The standard InChI is InChI=1S/C16H25FN2O/c1-12(18)9-13-6-7-16(15(17)10-13)19(2)11-14-5-3-4-8-20-14/h6-7,10,12,14H,3-5,8-9,11,18H2,1-2H3. The average molecular weight is 280 g/mol. The van der Waals surface area contributed by atoms with Gasteiger partial charge in [-0.25, -0.2) is 4.39 Å². The molecule has 1 aliphatic heterocycles. The van der Waals surface area contributed by atoms with Crippen LogP contribution in [0.25, 0.3) is 0 Å². The molecule has 0 aromatic heterocycles. The highest BCUT2D eigenvalue weighted by molar-refractivity contribution is 5.48. The Hall–Kier alpha value is -1.13. The summed E-state index contributed by atoms with van der Waals surface area (Å²) < 4.78 is 19.9. The zero-order chi connectivity index (χ0) is 14.5. The lowest BCUT2D eigenvalue weighted by molar-refractivity contribution is 0.0215. The molecule has 0 spiro atoms. The second-order valence-corrected chi connectivity index (χ2v) is 5.84. The molecule has 0 radical (unpaired) electrons. The minimum atomic E-state index is -0.179. The molecule has 1 fully saturated rings. The van der Waals surface area contributed by atoms with E-state index in [-0.39, 0.29) is 18.0 Å². The Labute approximate surface area is 120 Å². The molecule has 0 aliphatic carbocycles. The molecule has 2 rings (SSSR count). The maximum absolute atomic E-state index is 14.2. The van der Waals surface area contributed by atoms with Crippen LogP contribution >= 0.6 is 0 Å². The van der Waals surface area contributed by atoms with E-state index in [1.54, 1.807) is 6.07 Å². The van der Waals surface area contributed by atoms with Crippen LogP contribution in [0, 0.1) is 5.82 Å². The fourth-order valence-electron chi connectivity index (χ4n) is 2.71. The monoisotopic (exact) mass is 280 g/mol. The van der Waals surface area contributed by atoms with Gasteiger partial charge in [0.05, 0.1) is 11.8 Å². The van der Waals surface area contributed by atoms with Crippen LogP contribution in [-0.4, -0.2) is 32.3 Å². The molecule has 0 bridgehead atoms. The number of nitrogens with two attached hydrogens (primary N) is 1. The summed E-state index contributed by atoms with van der Waals surface area (Å²) in [7, 11) is 1.92. The number of ether oxygens (including phenoxy) is 1. The maximum atomic E-state index is 14.2. The van der Waals surface area contributed by atoms with Crippen LogP contribution in [0.15, 0.2) is 18.2 Å². The van der Waals surface area contributed by atoms with Gasteiger partial charge in [0, 0.05) is 26.2 Å². The van der Waals surface area contributed by atoms with Crippen LogP contribution in [0.3, 0.4) is 0 Å². The lowest BCUT2D eigenvalue weighted by Crippen LogP contribution is -2.33. The molecule has 1 saturated heterocycles. The van der Waals surface area contributed by atoms with Gasteiger partial charge >= 0.3 is 0 Å². The van der Waals surface area contributed by atoms with E-state index >= 15 is 0 Å². The van der Waals surface area contributed by atoms with Crippen LogP contribution in [0.1, 0.15) is 31.7 Å². The predicted octanol–water partition coefficient (Wildman–Crippen LogP) is 2.72. The summed E-state index contributed by atoms with van der Waals surface area (Å²) in [6.07, 6.45) is 4.33. The topological polar surface area (TPSA) is 38.5 Å². The zero-order valence-corrected chi connectivity index (χ0v) is 12.4. The molecule has 0 saturated carbocycles. The number of hydrogen-bond donors (Lipinski definition) is 1. The van der Waals surface area contributed by atoms with Gasteiger partial charge in [0.2, 0.25) is 0 Å².